The van der Waals surface area contributed by atoms with Crippen LogP contribution in [0.15, 0.2) is 30.3 Å². The van der Waals surface area contributed by atoms with Crippen LogP contribution in [-0.4, -0.2) is 12.1 Å². The normalized spacial score (nSPS) is 11.9. The summed E-state index contributed by atoms with van der Waals surface area (Å²) in [5.74, 6) is 0.0715. The Morgan fingerprint density at radius 3 is 2.47 bits per heavy atom. The Balaban J connectivity index is 2.52. The molecule has 0 aliphatic heterocycles. The average Bonchev–Trinajstić information content (AvgIpc) is 2.35. The second-order valence-electron chi connectivity index (χ2n) is 4.36. The van der Waals surface area contributed by atoms with Gasteiger partial charge in [-0.3, -0.25) is 0 Å². The third-order valence-electron chi connectivity index (χ3n) is 2.41. The van der Waals surface area contributed by atoms with E-state index in [0.29, 0.717) is 17.9 Å². The van der Waals surface area contributed by atoms with Crippen LogP contribution in [0.3, 0.4) is 0 Å². The lowest BCUT2D eigenvalue weighted by atomic mass is 10.1. The summed E-state index contributed by atoms with van der Waals surface area (Å²) in [5.41, 5.74) is 0.484. The maximum Gasteiger partial charge on any atom is 0.339 e. The molecule has 1 rings (SSSR count). The first-order chi connectivity index (χ1) is 8.13. The van der Waals surface area contributed by atoms with Crippen LogP contribution in [0.1, 0.15) is 37.0 Å². The van der Waals surface area contributed by atoms with Crippen LogP contribution in [0.5, 0.6) is 0 Å². The molecule has 3 nitrogen and oxygen atoms in total. The lowest BCUT2D eigenvalue weighted by Gasteiger charge is -2.12. The third-order valence-corrected chi connectivity index (χ3v) is 2.41. The number of rotatable bonds is 5. The Hall–Kier alpha value is -1.82. The molecular weight excluding hydrogens is 214 g/mol. The standard InChI is InChI=1S/C14H17NO2/c1-11(2)8-9-13(10-15)17-14(16)12-6-4-3-5-7-12/h3-7,11,13H,8-9H2,1-2H3. The fraction of sp³-hybridized carbons (Fsp3) is 0.429. The minimum atomic E-state index is -0.648. The number of carbonyl (C=O) groups is 1. The van der Waals surface area contributed by atoms with Gasteiger partial charge in [0, 0.05) is 0 Å². The van der Waals surface area contributed by atoms with Gasteiger partial charge < -0.3 is 4.74 Å². The highest BCUT2D eigenvalue weighted by Gasteiger charge is 2.15. The van der Waals surface area contributed by atoms with Crippen molar-refractivity contribution >= 4 is 5.97 Å². The van der Waals surface area contributed by atoms with Crippen molar-refractivity contribution in [1.82, 2.24) is 0 Å². The Morgan fingerprint density at radius 1 is 1.29 bits per heavy atom. The van der Waals surface area contributed by atoms with E-state index in [-0.39, 0.29) is 0 Å². The molecule has 0 heterocycles. The average molecular weight is 231 g/mol. The van der Waals surface area contributed by atoms with Crippen molar-refractivity contribution in [2.45, 2.75) is 32.8 Å². The molecule has 1 atom stereocenters. The van der Waals surface area contributed by atoms with E-state index >= 15 is 0 Å². The number of benzene rings is 1. The molecule has 1 aromatic carbocycles. The van der Waals surface area contributed by atoms with Crippen molar-refractivity contribution < 1.29 is 9.53 Å². The van der Waals surface area contributed by atoms with Crippen molar-refractivity contribution in [1.29, 1.82) is 5.26 Å². The van der Waals surface area contributed by atoms with E-state index in [9.17, 15) is 4.79 Å². The van der Waals surface area contributed by atoms with Gasteiger partial charge in [0.2, 0.25) is 0 Å². The lowest BCUT2D eigenvalue weighted by molar-refractivity contribution is 0.0384. The maximum absolute atomic E-state index is 11.7. The van der Waals surface area contributed by atoms with Crippen LogP contribution in [0.4, 0.5) is 0 Å². The van der Waals surface area contributed by atoms with Crippen LogP contribution in [0.25, 0.3) is 0 Å². The fourth-order valence-electron chi connectivity index (χ4n) is 1.41. The first-order valence-corrected chi connectivity index (χ1v) is 5.79. The Kier molecular flexibility index (Phi) is 5.22. The van der Waals surface area contributed by atoms with Crippen molar-refractivity contribution in [2.75, 3.05) is 0 Å². The molecule has 0 saturated heterocycles. The van der Waals surface area contributed by atoms with E-state index in [0.717, 1.165) is 6.42 Å². The number of nitrogens with zero attached hydrogens (tertiary/aromatic N) is 1. The van der Waals surface area contributed by atoms with E-state index < -0.39 is 12.1 Å². The first-order valence-electron chi connectivity index (χ1n) is 5.79. The van der Waals surface area contributed by atoms with Gasteiger partial charge in [0.15, 0.2) is 6.10 Å². The molecule has 0 spiro atoms. The van der Waals surface area contributed by atoms with Gasteiger partial charge in [0.1, 0.15) is 6.07 Å². The fourth-order valence-corrected chi connectivity index (χ4v) is 1.41. The molecule has 0 aliphatic rings. The zero-order chi connectivity index (χ0) is 12.7. The van der Waals surface area contributed by atoms with E-state index in [1.54, 1.807) is 24.3 Å². The third kappa shape index (κ3) is 4.69. The van der Waals surface area contributed by atoms with Crippen LogP contribution in [0.2, 0.25) is 0 Å². The molecule has 1 aromatic rings. The SMILES string of the molecule is CC(C)CCC(C#N)OC(=O)c1ccccc1. The molecule has 0 fully saturated rings. The number of hydrogen-bond acceptors (Lipinski definition) is 3. The number of esters is 1. The Bertz CT molecular complexity index is 392. The van der Waals surface area contributed by atoms with Crippen molar-refractivity contribution in [2.24, 2.45) is 5.92 Å². The van der Waals surface area contributed by atoms with E-state index in [2.05, 4.69) is 13.8 Å². The van der Waals surface area contributed by atoms with E-state index in [4.69, 9.17) is 10.00 Å². The molecule has 0 aliphatic carbocycles. The number of hydrogen-bond donors (Lipinski definition) is 0. The second-order valence-corrected chi connectivity index (χ2v) is 4.36. The predicted octanol–water partition coefficient (Wildman–Crippen LogP) is 3.17. The van der Waals surface area contributed by atoms with Crippen LogP contribution >= 0.6 is 0 Å². The largest absolute Gasteiger partial charge is 0.443 e. The van der Waals surface area contributed by atoms with Crippen molar-refractivity contribution in [3.8, 4) is 6.07 Å². The first kappa shape index (κ1) is 13.2. The van der Waals surface area contributed by atoms with Gasteiger partial charge in [-0.05, 0) is 30.9 Å². The Morgan fingerprint density at radius 2 is 1.94 bits per heavy atom. The molecule has 0 saturated carbocycles. The summed E-state index contributed by atoms with van der Waals surface area (Å²) in [6, 6.07) is 10.7. The molecule has 0 amide bonds. The highest BCUT2D eigenvalue weighted by atomic mass is 16.5. The smallest absolute Gasteiger partial charge is 0.339 e. The number of carbonyl (C=O) groups excluding carboxylic acids is 1. The molecule has 0 aromatic heterocycles. The summed E-state index contributed by atoms with van der Waals surface area (Å²) in [4.78, 5) is 11.7. The molecular formula is C14H17NO2. The predicted molar refractivity (Wildman–Crippen MR) is 65.3 cm³/mol. The number of ether oxygens (including phenoxy) is 1. The summed E-state index contributed by atoms with van der Waals surface area (Å²) < 4.78 is 5.14. The lowest BCUT2D eigenvalue weighted by Crippen LogP contribution is -2.17. The molecule has 3 heteroatoms. The highest BCUT2D eigenvalue weighted by molar-refractivity contribution is 5.89. The topological polar surface area (TPSA) is 50.1 Å². The summed E-state index contributed by atoms with van der Waals surface area (Å²) in [6.45, 7) is 4.15. The van der Waals surface area contributed by atoms with Crippen molar-refractivity contribution in [3.63, 3.8) is 0 Å². The van der Waals surface area contributed by atoms with Crippen LogP contribution < -0.4 is 0 Å². The number of nitriles is 1. The van der Waals surface area contributed by atoms with Gasteiger partial charge in [0.05, 0.1) is 5.56 Å². The summed E-state index contributed by atoms with van der Waals surface area (Å²) in [7, 11) is 0. The van der Waals surface area contributed by atoms with Gasteiger partial charge in [-0.15, -0.1) is 0 Å². The molecule has 90 valence electrons. The van der Waals surface area contributed by atoms with Gasteiger partial charge in [0.25, 0.3) is 0 Å². The van der Waals surface area contributed by atoms with Gasteiger partial charge in [-0.25, -0.2) is 4.79 Å². The summed E-state index contributed by atoms with van der Waals surface area (Å²) in [6.07, 6.45) is 0.817. The zero-order valence-corrected chi connectivity index (χ0v) is 10.2. The minimum absolute atomic E-state index is 0.430. The second kappa shape index (κ2) is 6.70. The molecule has 0 radical (unpaired) electrons. The maximum atomic E-state index is 11.7. The Labute approximate surface area is 102 Å². The minimum Gasteiger partial charge on any atom is -0.443 e. The highest BCUT2D eigenvalue weighted by Crippen LogP contribution is 2.11. The molecule has 0 bridgehead atoms. The molecule has 0 N–H and O–H groups in total. The van der Waals surface area contributed by atoms with Gasteiger partial charge in [-0.2, -0.15) is 5.26 Å². The van der Waals surface area contributed by atoms with Gasteiger partial charge >= 0.3 is 5.97 Å². The van der Waals surface area contributed by atoms with E-state index in [1.807, 2.05) is 12.1 Å². The molecule has 17 heavy (non-hydrogen) atoms. The molecule has 1 unspecified atom stereocenters. The van der Waals surface area contributed by atoms with Crippen molar-refractivity contribution in [3.05, 3.63) is 35.9 Å². The van der Waals surface area contributed by atoms with Gasteiger partial charge in [-0.1, -0.05) is 32.0 Å². The zero-order valence-electron chi connectivity index (χ0n) is 10.2. The quantitative estimate of drug-likeness (QED) is 0.731. The van der Waals surface area contributed by atoms with Crippen LogP contribution in [0, 0.1) is 17.2 Å². The van der Waals surface area contributed by atoms with Crippen LogP contribution in [-0.2, 0) is 4.74 Å². The summed E-state index contributed by atoms with van der Waals surface area (Å²) in [5, 5.41) is 8.91. The van der Waals surface area contributed by atoms with E-state index in [1.165, 1.54) is 0 Å². The monoisotopic (exact) mass is 231 g/mol. The summed E-state index contributed by atoms with van der Waals surface area (Å²) >= 11 is 0.